The summed E-state index contributed by atoms with van der Waals surface area (Å²) in [6, 6.07) is -0.248. The summed E-state index contributed by atoms with van der Waals surface area (Å²) in [6.07, 6.45) is 5.67. The number of urea groups is 1. The lowest BCUT2D eigenvalue weighted by atomic mass is 9.80. The molecule has 0 bridgehead atoms. The summed E-state index contributed by atoms with van der Waals surface area (Å²) >= 11 is 0. The predicted molar refractivity (Wildman–Crippen MR) is 74.0 cm³/mol. The highest BCUT2D eigenvalue weighted by Gasteiger charge is 2.23. The lowest BCUT2D eigenvalue weighted by molar-refractivity contribution is -0.137. The van der Waals surface area contributed by atoms with Crippen LogP contribution in [-0.2, 0) is 4.79 Å². The van der Waals surface area contributed by atoms with Crippen molar-refractivity contribution in [1.29, 1.82) is 0 Å². The Bertz CT molecular complexity index is 307. The third kappa shape index (κ3) is 5.49. The summed E-state index contributed by atoms with van der Waals surface area (Å²) in [7, 11) is 0. The molecule has 1 rings (SSSR count). The van der Waals surface area contributed by atoms with Crippen LogP contribution in [-0.4, -0.2) is 41.6 Å². The Kier molecular flexibility index (Phi) is 6.67. The molecule has 2 amide bonds. The molecule has 5 heteroatoms. The largest absolute Gasteiger partial charge is 0.480 e. The number of amides is 2. The fourth-order valence-corrected chi connectivity index (χ4v) is 2.71. The Labute approximate surface area is 115 Å². The van der Waals surface area contributed by atoms with E-state index in [0.717, 1.165) is 12.8 Å². The van der Waals surface area contributed by atoms with Crippen LogP contribution < -0.4 is 5.32 Å². The Morgan fingerprint density at radius 2 is 2.00 bits per heavy atom. The van der Waals surface area contributed by atoms with E-state index in [1.165, 1.54) is 24.2 Å². The van der Waals surface area contributed by atoms with Gasteiger partial charge in [-0.15, -0.1) is 0 Å². The molecule has 0 aromatic heterocycles. The second-order valence-corrected chi connectivity index (χ2v) is 5.52. The molecule has 1 fully saturated rings. The third-order valence-electron chi connectivity index (χ3n) is 3.91. The zero-order valence-corrected chi connectivity index (χ0v) is 12.0. The highest BCUT2D eigenvalue weighted by Crippen LogP contribution is 2.28. The van der Waals surface area contributed by atoms with Crippen LogP contribution in [0.1, 0.15) is 46.0 Å². The molecule has 0 radical (unpaired) electrons. The van der Waals surface area contributed by atoms with Gasteiger partial charge in [0.2, 0.25) is 0 Å². The molecule has 1 aliphatic rings. The van der Waals surface area contributed by atoms with Gasteiger partial charge in [0.15, 0.2) is 0 Å². The summed E-state index contributed by atoms with van der Waals surface area (Å²) in [6.45, 7) is 5.10. The molecule has 2 unspecified atom stereocenters. The average molecular weight is 270 g/mol. The van der Waals surface area contributed by atoms with E-state index >= 15 is 0 Å². The third-order valence-corrected chi connectivity index (χ3v) is 3.91. The van der Waals surface area contributed by atoms with Crippen LogP contribution in [0, 0.1) is 11.8 Å². The van der Waals surface area contributed by atoms with Crippen molar-refractivity contribution in [3.63, 3.8) is 0 Å². The first-order chi connectivity index (χ1) is 9.04. The molecule has 0 heterocycles. The summed E-state index contributed by atoms with van der Waals surface area (Å²) in [5.41, 5.74) is 0. The molecule has 5 nitrogen and oxygen atoms in total. The summed E-state index contributed by atoms with van der Waals surface area (Å²) in [4.78, 5) is 24.1. The van der Waals surface area contributed by atoms with Gasteiger partial charge < -0.3 is 15.3 Å². The van der Waals surface area contributed by atoms with Crippen LogP contribution in [0.3, 0.4) is 0 Å². The molecule has 0 aromatic carbocycles. The lowest BCUT2D eigenvalue weighted by Crippen LogP contribution is -2.45. The number of hydrogen-bond donors (Lipinski definition) is 2. The molecular formula is C14H26N2O3. The Balaban J connectivity index is 2.40. The van der Waals surface area contributed by atoms with E-state index < -0.39 is 5.97 Å². The maximum Gasteiger partial charge on any atom is 0.323 e. The van der Waals surface area contributed by atoms with E-state index in [4.69, 9.17) is 5.11 Å². The number of hydrogen-bond acceptors (Lipinski definition) is 2. The maximum atomic E-state index is 12.0. The molecule has 1 saturated carbocycles. The van der Waals surface area contributed by atoms with Crippen LogP contribution in [0.5, 0.6) is 0 Å². The molecule has 1 aliphatic carbocycles. The number of nitrogens with one attached hydrogen (secondary N) is 1. The van der Waals surface area contributed by atoms with Crippen molar-refractivity contribution in [2.45, 2.75) is 46.0 Å². The van der Waals surface area contributed by atoms with Crippen molar-refractivity contribution in [2.75, 3.05) is 19.6 Å². The zero-order valence-electron chi connectivity index (χ0n) is 12.0. The standard InChI is InChI=1S/C14H26N2O3/c1-3-8-16(10-13(17)18)14(19)15-9-12-7-5-4-6-11(12)2/h11-12H,3-10H2,1-2H3,(H,15,19)(H,17,18). The number of carbonyl (C=O) groups excluding carboxylic acids is 1. The van der Waals surface area contributed by atoms with Gasteiger partial charge in [-0.1, -0.05) is 33.1 Å². The van der Waals surface area contributed by atoms with Crippen molar-refractivity contribution < 1.29 is 14.7 Å². The average Bonchev–Trinajstić information content (AvgIpc) is 2.36. The van der Waals surface area contributed by atoms with Crippen molar-refractivity contribution in [3.8, 4) is 0 Å². The fraction of sp³-hybridized carbons (Fsp3) is 0.857. The number of carbonyl (C=O) groups is 2. The van der Waals surface area contributed by atoms with Crippen LogP contribution >= 0.6 is 0 Å². The van der Waals surface area contributed by atoms with Crippen molar-refractivity contribution in [2.24, 2.45) is 11.8 Å². The molecule has 2 atom stereocenters. The van der Waals surface area contributed by atoms with Gasteiger partial charge in [-0.3, -0.25) is 4.79 Å². The summed E-state index contributed by atoms with van der Waals surface area (Å²) in [5, 5.41) is 11.7. The van der Waals surface area contributed by atoms with E-state index in [-0.39, 0.29) is 12.6 Å². The molecule has 0 saturated heterocycles. The van der Waals surface area contributed by atoms with Gasteiger partial charge in [0.25, 0.3) is 0 Å². The first-order valence-electron chi connectivity index (χ1n) is 7.29. The topological polar surface area (TPSA) is 69.6 Å². The highest BCUT2D eigenvalue weighted by molar-refractivity contribution is 5.80. The van der Waals surface area contributed by atoms with E-state index in [9.17, 15) is 9.59 Å². The first-order valence-corrected chi connectivity index (χ1v) is 7.29. The van der Waals surface area contributed by atoms with Gasteiger partial charge in [-0.2, -0.15) is 0 Å². The monoisotopic (exact) mass is 270 g/mol. The number of aliphatic carboxylic acids is 1. The minimum atomic E-state index is -0.963. The van der Waals surface area contributed by atoms with Crippen LogP contribution in [0.2, 0.25) is 0 Å². The van der Waals surface area contributed by atoms with E-state index in [2.05, 4.69) is 12.2 Å². The predicted octanol–water partition coefficient (Wildman–Crippen LogP) is 2.32. The molecule has 110 valence electrons. The number of rotatable bonds is 6. The molecule has 0 spiro atoms. The maximum absolute atomic E-state index is 12.0. The lowest BCUT2D eigenvalue weighted by Gasteiger charge is -2.30. The van der Waals surface area contributed by atoms with Crippen LogP contribution in [0.4, 0.5) is 4.79 Å². The summed E-state index contributed by atoms with van der Waals surface area (Å²) < 4.78 is 0. The van der Waals surface area contributed by atoms with E-state index in [1.807, 2.05) is 6.92 Å². The Morgan fingerprint density at radius 3 is 2.58 bits per heavy atom. The van der Waals surface area contributed by atoms with Crippen molar-refractivity contribution in [3.05, 3.63) is 0 Å². The van der Waals surface area contributed by atoms with Gasteiger partial charge in [0.05, 0.1) is 0 Å². The second kappa shape index (κ2) is 8.02. The minimum absolute atomic E-state index is 0.222. The molecular weight excluding hydrogens is 244 g/mol. The second-order valence-electron chi connectivity index (χ2n) is 5.52. The SMILES string of the molecule is CCCN(CC(=O)O)C(=O)NCC1CCCCC1C. The Hall–Kier alpha value is -1.26. The number of nitrogens with zero attached hydrogens (tertiary/aromatic N) is 1. The first kappa shape index (κ1) is 15.8. The van der Waals surface area contributed by atoms with Gasteiger partial charge >= 0.3 is 12.0 Å². The van der Waals surface area contributed by atoms with Crippen LogP contribution in [0.25, 0.3) is 0 Å². The number of carboxylic acids is 1. The van der Waals surface area contributed by atoms with E-state index in [0.29, 0.717) is 24.9 Å². The highest BCUT2D eigenvalue weighted by atomic mass is 16.4. The summed E-state index contributed by atoms with van der Waals surface area (Å²) in [5.74, 6) is 0.216. The number of carboxylic acid groups (broad SMARTS) is 1. The van der Waals surface area contributed by atoms with E-state index in [1.54, 1.807) is 0 Å². The smallest absolute Gasteiger partial charge is 0.323 e. The minimum Gasteiger partial charge on any atom is -0.480 e. The Morgan fingerprint density at radius 1 is 1.32 bits per heavy atom. The van der Waals surface area contributed by atoms with Gasteiger partial charge in [0, 0.05) is 13.1 Å². The normalized spacial score (nSPS) is 22.8. The molecule has 2 N–H and O–H groups in total. The van der Waals surface area contributed by atoms with Gasteiger partial charge in [-0.05, 0) is 24.7 Å². The van der Waals surface area contributed by atoms with Crippen molar-refractivity contribution in [1.82, 2.24) is 10.2 Å². The fourth-order valence-electron chi connectivity index (χ4n) is 2.71. The van der Waals surface area contributed by atoms with Crippen LogP contribution in [0.15, 0.2) is 0 Å². The molecule has 19 heavy (non-hydrogen) atoms. The molecule has 0 aliphatic heterocycles. The van der Waals surface area contributed by atoms with Crippen molar-refractivity contribution >= 4 is 12.0 Å². The molecule has 0 aromatic rings. The zero-order chi connectivity index (χ0) is 14.3. The quantitative estimate of drug-likeness (QED) is 0.778. The van der Waals surface area contributed by atoms with Gasteiger partial charge in [0.1, 0.15) is 6.54 Å². The van der Waals surface area contributed by atoms with Gasteiger partial charge in [-0.25, -0.2) is 4.79 Å².